The van der Waals surface area contributed by atoms with Gasteiger partial charge in [-0.2, -0.15) is 5.26 Å². The lowest BCUT2D eigenvalue weighted by Gasteiger charge is -2.23. The molecule has 6 heteroatoms. The van der Waals surface area contributed by atoms with E-state index >= 15 is 0 Å². The first-order chi connectivity index (χ1) is 11.6. The van der Waals surface area contributed by atoms with Crippen molar-refractivity contribution < 1.29 is 19.1 Å². The van der Waals surface area contributed by atoms with E-state index in [1.54, 1.807) is 6.07 Å². The summed E-state index contributed by atoms with van der Waals surface area (Å²) in [5.41, 5.74) is 0.219. The lowest BCUT2D eigenvalue weighted by atomic mass is 9.93. The van der Waals surface area contributed by atoms with Gasteiger partial charge in [0.15, 0.2) is 11.7 Å². The molecule has 1 unspecified atom stereocenters. The topological polar surface area (TPSA) is 88.4 Å². The third-order valence-electron chi connectivity index (χ3n) is 4.24. The number of Topliss-reactive ketones (excluding diaryl/α,β-unsaturated/α-hetero) is 1. The molecule has 0 bridgehead atoms. The van der Waals surface area contributed by atoms with Crippen LogP contribution in [0, 0.1) is 17.2 Å². The van der Waals surface area contributed by atoms with Crippen molar-refractivity contribution in [1.82, 2.24) is 5.32 Å². The van der Waals surface area contributed by atoms with Crippen molar-refractivity contribution in [2.24, 2.45) is 5.92 Å². The number of nitriles is 1. The van der Waals surface area contributed by atoms with Crippen LogP contribution in [0.4, 0.5) is 0 Å². The summed E-state index contributed by atoms with van der Waals surface area (Å²) in [6, 6.07) is 6.50. The van der Waals surface area contributed by atoms with E-state index in [1.165, 1.54) is 26.4 Å². The predicted molar refractivity (Wildman–Crippen MR) is 88.0 cm³/mol. The minimum atomic E-state index is -1.37. The molecule has 1 aliphatic carbocycles. The minimum absolute atomic E-state index is 0.0507. The molecule has 0 saturated heterocycles. The molecule has 0 heterocycles. The Labute approximate surface area is 141 Å². The number of carbonyl (C=O) groups is 2. The molecule has 2 rings (SSSR count). The van der Waals surface area contributed by atoms with Crippen molar-refractivity contribution >= 4 is 11.7 Å². The normalized spacial score (nSPS) is 15.9. The van der Waals surface area contributed by atoms with Gasteiger partial charge in [-0.1, -0.05) is 19.3 Å². The van der Waals surface area contributed by atoms with Gasteiger partial charge in [-0.3, -0.25) is 9.59 Å². The summed E-state index contributed by atoms with van der Waals surface area (Å²) >= 11 is 0. The molecule has 0 radical (unpaired) electrons. The molecule has 0 spiro atoms. The molecule has 24 heavy (non-hydrogen) atoms. The van der Waals surface area contributed by atoms with Crippen molar-refractivity contribution in [2.45, 2.75) is 38.1 Å². The number of carbonyl (C=O) groups excluding carboxylic acids is 2. The van der Waals surface area contributed by atoms with Crippen molar-refractivity contribution in [3.8, 4) is 17.6 Å². The maximum Gasteiger partial charge on any atom is 0.245 e. The number of hydrogen-bond acceptors (Lipinski definition) is 5. The third kappa shape index (κ3) is 4.25. The number of amides is 1. The number of methoxy groups -OCH3 is 2. The fourth-order valence-corrected chi connectivity index (χ4v) is 2.88. The van der Waals surface area contributed by atoms with Gasteiger partial charge in [0.1, 0.15) is 11.5 Å². The Morgan fingerprint density at radius 2 is 1.71 bits per heavy atom. The maximum atomic E-state index is 12.6. The standard InChI is InChI=1S/C18H22N2O4/c1-23-14-8-12(9-15(10-14)24-2)17(21)16(11-19)18(22)20-13-6-4-3-5-7-13/h8-10,13,16H,3-7H2,1-2H3,(H,20,22). The molecule has 1 atom stereocenters. The Bertz CT molecular complexity index is 623. The van der Waals surface area contributed by atoms with E-state index in [4.69, 9.17) is 9.47 Å². The van der Waals surface area contributed by atoms with E-state index in [0.717, 1.165) is 32.1 Å². The first-order valence-electron chi connectivity index (χ1n) is 8.06. The highest BCUT2D eigenvalue weighted by molar-refractivity contribution is 6.12. The summed E-state index contributed by atoms with van der Waals surface area (Å²) in [5.74, 6) is -1.59. The highest BCUT2D eigenvalue weighted by atomic mass is 16.5. The number of nitrogens with zero attached hydrogens (tertiary/aromatic N) is 1. The van der Waals surface area contributed by atoms with Crippen molar-refractivity contribution in [2.75, 3.05) is 14.2 Å². The Kier molecular flexibility index (Phi) is 6.19. The number of hydrogen-bond donors (Lipinski definition) is 1. The van der Waals surface area contributed by atoms with Crippen LogP contribution >= 0.6 is 0 Å². The molecule has 0 aliphatic heterocycles. The second-order valence-electron chi connectivity index (χ2n) is 5.87. The lowest BCUT2D eigenvalue weighted by molar-refractivity contribution is -0.123. The summed E-state index contributed by atoms with van der Waals surface area (Å²) < 4.78 is 10.3. The molecule has 0 aromatic heterocycles. The summed E-state index contributed by atoms with van der Waals surface area (Å²) in [7, 11) is 2.95. The maximum absolute atomic E-state index is 12.6. The molecular weight excluding hydrogens is 308 g/mol. The van der Waals surface area contributed by atoms with Crippen LogP contribution in [0.2, 0.25) is 0 Å². The molecule has 1 fully saturated rings. The fraction of sp³-hybridized carbons (Fsp3) is 0.500. The summed E-state index contributed by atoms with van der Waals surface area (Å²) in [6.07, 6.45) is 5.07. The van der Waals surface area contributed by atoms with E-state index in [-0.39, 0.29) is 11.6 Å². The molecular formula is C18H22N2O4. The average molecular weight is 330 g/mol. The highest BCUT2D eigenvalue weighted by Gasteiger charge is 2.30. The van der Waals surface area contributed by atoms with Gasteiger partial charge in [0.25, 0.3) is 0 Å². The third-order valence-corrected chi connectivity index (χ3v) is 4.24. The van der Waals surface area contributed by atoms with Crippen molar-refractivity contribution in [3.63, 3.8) is 0 Å². The van der Waals surface area contributed by atoms with Crippen LogP contribution < -0.4 is 14.8 Å². The number of rotatable bonds is 6. The zero-order valence-corrected chi connectivity index (χ0v) is 14.0. The lowest BCUT2D eigenvalue weighted by Crippen LogP contribution is -2.42. The Balaban J connectivity index is 2.16. The number of benzene rings is 1. The molecule has 1 aromatic carbocycles. The zero-order valence-electron chi connectivity index (χ0n) is 14.0. The van der Waals surface area contributed by atoms with E-state index < -0.39 is 17.6 Å². The van der Waals surface area contributed by atoms with Crippen LogP contribution in [0.3, 0.4) is 0 Å². The SMILES string of the molecule is COc1cc(OC)cc(C(=O)C(C#N)C(=O)NC2CCCCC2)c1. The Morgan fingerprint density at radius 1 is 1.12 bits per heavy atom. The molecule has 1 aliphatic rings. The van der Waals surface area contributed by atoms with E-state index in [1.807, 2.05) is 6.07 Å². The molecule has 1 saturated carbocycles. The van der Waals surface area contributed by atoms with Crippen LogP contribution in [0.1, 0.15) is 42.5 Å². The van der Waals surface area contributed by atoms with Gasteiger partial charge in [-0.15, -0.1) is 0 Å². The van der Waals surface area contributed by atoms with E-state index in [2.05, 4.69) is 5.32 Å². The quantitative estimate of drug-likeness (QED) is 0.639. The monoisotopic (exact) mass is 330 g/mol. The van der Waals surface area contributed by atoms with E-state index in [9.17, 15) is 14.9 Å². The second kappa shape index (κ2) is 8.34. The van der Waals surface area contributed by atoms with Gasteiger partial charge in [-0.25, -0.2) is 0 Å². The van der Waals surface area contributed by atoms with Crippen LogP contribution in [0.15, 0.2) is 18.2 Å². The smallest absolute Gasteiger partial charge is 0.245 e. The van der Waals surface area contributed by atoms with Gasteiger partial charge in [0, 0.05) is 17.7 Å². The Morgan fingerprint density at radius 3 is 2.21 bits per heavy atom. The van der Waals surface area contributed by atoms with Crippen LogP contribution in [-0.4, -0.2) is 32.0 Å². The van der Waals surface area contributed by atoms with Gasteiger partial charge in [0.05, 0.1) is 20.3 Å². The number of ether oxygens (including phenoxy) is 2. The number of nitrogens with one attached hydrogen (secondary N) is 1. The second-order valence-corrected chi connectivity index (χ2v) is 5.87. The summed E-state index contributed by atoms with van der Waals surface area (Å²) in [6.45, 7) is 0. The van der Waals surface area contributed by atoms with Gasteiger partial charge in [-0.05, 0) is 25.0 Å². The van der Waals surface area contributed by atoms with Gasteiger partial charge in [0.2, 0.25) is 5.91 Å². The van der Waals surface area contributed by atoms with Crippen molar-refractivity contribution in [1.29, 1.82) is 5.26 Å². The van der Waals surface area contributed by atoms with Gasteiger partial charge < -0.3 is 14.8 Å². The minimum Gasteiger partial charge on any atom is -0.497 e. The molecule has 1 N–H and O–H groups in total. The van der Waals surface area contributed by atoms with E-state index in [0.29, 0.717) is 11.5 Å². The average Bonchev–Trinajstić information content (AvgIpc) is 2.62. The first-order valence-corrected chi connectivity index (χ1v) is 8.06. The summed E-state index contributed by atoms with van der Waals surface area (Å²) in [4.78, 5) is 25.0. The molecule has 128 valence electrons. The molecule has 1 amide bonds. The van der Waals surface area contributed by atoms with Crippen molar-refractivity contribution in [3.05, 3.63) is 23.8 Å². The van der Waals surface area contributed by atoms with Crippen LogP contribution in [0.25, 0.3) is 0 Å². The van der Waals surface area contributed by atoms with Crippen LogP contribution in [-0.2, 0) is 4.79 Å². The fourth-order valence-electron chi connectivity index (χ4n) is 2.88. The van der Waals surface area contributed by atoms with Gasteiger partial charge >= 0.3 is 0 Å². The Hall–Kier alpha value is -2.55. The number of ketones is 1. The molecule has 1 aromatic rings. The molecule has 6 nitrogen and oxygen atoms in total. The predicted octanol–water partition coefficient (Wildman–Crippen LogP) is 2.48. The highest BCUT2D eigenvalue weighted by Crippen LogP contribution is 2.25. The van der Waals surface area contributed by atoms with Crippen LogP contribution in [0.5, 0.6) is 11.5 Å². The largest absolute Gasteiger partial charge is 0.497 e. The zero-order chi connectivity index (χ0) is 17.5. The first kappa shape index (κ1) is 17.8. The summed E-state index contributed by atoms with van der Waals surface area (Å²) in [5, 5.41) is 12.1.